The Morgan fingerprint density at radius 3 is 2.77 bits per heavy atom. The Balaban J connectivity index is 1.63. The van der Waals surface area contributed by atoms with E-state index in [1.54, 1.807) is 0 Å². The Morgan fingerprint density at radius 1 is 1.18 bits per heavy atom. The van der Waals surface area contributed by atoms with Gasteiger partial charge >= 0.3 is 0 Å². The zero-order chi connectivity index (χ0) is 15.2. The van der Waals surface area contributed by atoms with Crippen LogP contribution in [0.1, 0.15) is 50.8 Å². The minimum atomic E-state index is 0.334. The molecule has 1 saturated heterocycles. The summed E-state index contributed by atoms with van der Waals surface area (Å²) in [7, 11) is 1.96. The van der Waals surface area contributed by atoms with Crippen LogP contribution in [0.4, 0.5) is 0 Å². The summed E-state index contributed by atoms with van der Waals surface area (Å²) in [5.74, 6) is 3.08. The molecular weight excluding hydrogens is 296 g/mol. The quantitative estimate of drug-likeness (QED) is 0.782. The summed E-state index contributed by atoms with van der Waals surface area (Å²) in [4.78, 5) is 0. The van der Waals surface area contributed by atoms with Gasteiger partial charge in [-0.3, -0.25) is 0 Å². The number of ether oxygens (including phenoxy) is 1. The number of hydrogen-bond acceptors (Lipinski definition) is 5. The molecule has 0 radical (unpaired) electrons. The molecule has 1 atom stereocenters. The average Bonchev–Trinajstić information content (AvgIpc) is 3.19. The Kier molecular flexibility index (Phi) is 6.15. The molecule has 1 aromatic rings. The van der Waals surface area contributed by atoms with Crippen LogP contribution in [0, 0.1) is 5.92 Å². The molecule has 1 aliphatic heterocycles. The minimum absolute atomic E-state index is 0.334. The molecule has 2 fully saturated rings. The highest BCUT2D eigenvalue weighted by Crippen LogP contribution is 2.30. The summed E-state index contributed by atoms with van der Waals surface area (Å²) in [6.45, 7) is 2.57. The number of thioether (sulfide) groups is 1. The molecule has 1 saturated carbocycles. The number of rotatable bonds is 7. The van der Waals surface area contributed by atoms with Gasteiger partial charge in [-0.05, 0) is 38.6 Å². The molecular formula is C16H28N4OS. The standard InChI is InChI=1S/C16H28N4OS/c1-17-10-15-18-19-16(20(15)11-14-8-5-9-21-14)22-12-13-6-3-2-4-7-13/h13-14,17H,2-12H2,1H3/t14-/m1/s1. The lowest BCUT2D eigenvalue weighted by atomic mass is 9.91. The van der Waals surface area contributed by atoms with Crippen molar-refractivity contribution < 1.29 is 4.74 Å². The van der Waals surface area contributed by atoms with Gasteiger partial charge in [-0.15, -0.1) is 10.2 Å². The van der Waals surface area contributed by atoms with Gasteiger partial charge in [0.05, 0.1) is 19.2 Å². The molecule has 5 nitrogen and oxygen atoms in total. The summed E-state index contributed by atoms with van der Waals surface area (Å²) in [6, 6.07) is 0. The second-order valence-corrected chi connectivity index (χ2v) is 7.48. The second kappa shape index (κ2) is 8.31. The first kappa shape index (κ1) is 16.3. The molecule has 0 unspecified atom stereocenters. The zero-order valence-corrected chi connectivity index (χ0v) is 14.4. The van der Waals surface area contributed by atoms with Crippen molar-refractivity contribution in [3.05, 3.63) is 5.82 Å². The molecule has 6 heteroatoms. The first-order chi connectivity index (χ1) is 10.9. The molecule has 0 bridgehead atoms. The van der Waals surface area contributed by atoms with E-state index in [-0.39, 0.29) is 0 Å². The highest BCUT2D eigenvalue weighted by Gasteiger charge is 2.22. The summed E-state index contributed by atoms with van der Waals surface area (Å²) < 4.78 is 8.08. The van der Waals surface area contributed by atoms with E-state index in [2.05, 4.69) is 20.1 Å². The van der Waals surface area contributed by atoms with Crippen molar-refractivity contribution in [2.24, 2.45) is 5.92 Å². The highest BCUT2D eigenvalue weighted by molar-refractivity contribution is 7.99. The van der Waals surface area contributed by atoms with Crippen LogP contribution >= 0.6 is 11.8 Å². The summed E-state index contributed by atoms with van der Waals surface area (Å²) in [5.41, 5.74) is 0. The maximum Gasteiger partial charge on any atom is 0.191 e. The fraction of sp³-hybridized carbons (Fsp3) is 0.875. The normalized spacial score (nSPS) is 23.2. The van der Waals surface area contributed by atoms with Gasteiger partial charge < -0.3 is 14.6 Å². The largest absolute Gasteiger partial charge is 0.376 e. The van der Waals surface area contributed by atoms with Crippen molar-refractivity contribution in [3.8, 4) is 0 Å². The predicted molar refractivity (Wildman–Crippen MR) is 89.1 cm³/mol. The van der Waals surface area contributed by atoms with Gasteiger partial charge in [-0.2, -0.15) is 0 Å². The molecule has 0 spiro atoms. The number of hydrogen-bond donors (Lipinski definition) is 1. The third kappa shape index (κ3) is 4.24. The van der Waals surface area contributed by atoms with Gasteiger partial charge in [0.15, 0.2) is 5.16 Å². The van der Waals surface area contributed by atoms with Gasteiger partial charge in [-0.25, -0.2) is 0 Å². The maximum absolute atomic E-state index is 5.80. The van der Waals surface area contributed by atoms with E-state index in [1.165, 1.54) is 44.3 Å². The third-order valence-corrected chi connectivity index (χ3v) is 5.91. The number of nitrogens with one attached hydrogen (secondary N) is 1. The SMILES string of the molecule is CNCc1nnc(SCC2CCCCC2)n1C[C@H]1CCCO1. The fourth-order valence-electron chi connectivity index (χ4n) is 3.44. The highest BCUT2D eigenvalue weighted by atomic mass is 32.2. The lowest BCUT2D eigenvalue weighted by Gasteiger charge is -2.21. The van der Waals surface area contributed by atoms with E-state index in [0.717, 1.165) is 43.0 Å². The summed E-state index contributed by atoms with van der Waals surface area (Å²) in [6.07, 6.45) is 9.66. The van der Waals surface area contributed by atoms with Gasteiger partial charge in [0.1, 0.15) is 5.82 Å². The van der Waals surface area contributed by atoms with Gasteiger partial charge in [0, 0.05) is 12.4 Å². The van der Waals surface area contributed by atoms with Crippen LogP contribution in [0.15, 0.2) is 5.16 Å². The van der Waals surface area contributed by atoms with Crippen LogP contribution in [-0.4, -0.2) is 40.3 Å². The van der Waals surface area contributed by atoms with E-state index < -0.39 is 0 Å². The van der Waals surface area contributed by atoms with E-state index in [0.29, 0.717) is 6.10 Å². The third-order valence-electron chi connectivity index (χ3n) is 4.71. The van der Waals surface area contributed by atoms with Crippen LogP contribution in [0.2, 0.25) is 0 Å². The van der Waals surface area contributed by atoms with Gasteiger partial charge in [0.2, 0.25) is 0 Å². The number of nitrogens with zero attached hydrogens (tertiary/aromatic N) is 3. The van der Waals surface area contributed by atoms with Gasteiger partial charge in [0.25, 0.3) is 0 Å². The van der Waals surface area contributed by atoms with E-state index in [4.69, 9.17) is 4.74 Å². The molecule has 2 aliphatic rings. The molecule has 1 N–H and O–H groups in total. The Bertz CT molecular complexity index is 453. The zero-order valence-electron chi connectivity index (χ0n) is 13.6. The number of aromatic nitrogens is 3. The van der Waals surface area contributed by atoms with Crippen molar-refractivity contribution in [2.75, 3.05) is 19.4 Å². The Morgan fingerprint density at radius 2 is 2.05 bits per heavy atom. The summed E-state index contributed by atoms with van der Waals surface area (Å²) >= 11 is 1.89. The van der Waals surface area contributed by atoms with Gasteiger partial charge in [-0.1, -0.05) is 31.0 Å². The maximum atomic E-state index is 5.80. The monoisotopic (exact) mass is 324 g/mol. The summed E-state index contributed by atoms with van der Waals surface area (Å²) in [5, 5.41) is 13.1. The lowest BCUT2D eigenvalue weighted by Crippen LogP contribution is -2.20. The van der Waals surface area contributed by atoms with Crippen molar-refractivity contribution in [1.29, 1.82) is 0 Å². The first-order valence-corrected chi connectivity index (χ1v) is 9.66. The first-order valence-electron chi connectivity index (χ1n) is 8.68. The van der Waals surface area contributed by atoms with E-state index in [1.807, 2.05) is 18.8 Å². The van der Waals surface area contributed by atoms with Crippen LogP contribution in [0.3, 0.4) is 0 Å². The van der Waals surface area contributed by atoms with E-state index >= 15 is 0 Å². The van der Waals surface area contributed by atoms with Crippen LogP contribution in [0.5, 0.6) is 0 Å². The smallest absolute Gasteiger partial charge is 0.191 e. The average molecular weight is 324 g/mol. The molecule has 124 valence electrons. The molecule has 22 heavy (non-hydrogen) atoms. The minimum Gasteiger partial charge on any atom is -0.376 e. The molecule has 2 heterocycles. The van der Waals surface area contributed by atoms with Crippen LogP contribution in [0.25, 0.3) is 0 Å². The van der Waals surface area contributed by atoms with Crippen molar-refractivity contribution in [2.45, 2.75) is 69.3 Å². The predicted octanol–water partition coefficient (Wildman–Crippen LogP) is 2.85. The van der Waals surface area contributed by atoms with Crippen molar-refractivity contribution in [1.82, 2.24) is 20.1 Å². The lowest BCUT2D eigenvalue weighted by molar-refractivity contribution is 0.0941. The molecule has 0 aromatic carbocycles. The second-order valence-electron chi connectivity index (χ2n) is 6.49. The van der Waals surface area contributed by atoms with Crippen molar-refractivity contribution in [3.63, 3.8) is 0 Å². The Hall–Kier alpha value is -0.590. The molecule has 3 rings (SSSR count). The van der Waals surface area contributed by atoms with Crippen LogP contribution in [-0.2, 0) is 17.8 Å². The molecule has 1 aromatic heterocycles. The van der Waals surface area contributed by atoms with E-state index in [9.17, 15) is 0 Å². The molecule has 0 amide bonds. The van der Waals surface area contributed by atoms with Crippen LogP contribution < -0.4 is 5.32 Å². The fourth-order valence-corrected chi connectivity index (χ4v) is 4.59. The van der Waals surface area contributed by atoms with Crippen molar-refractivity contribution >= 4 is 11.8 Å². The topological polar surface area (TPSA) is 52.0 Å². The Labute approximate surface area is 137 Å². The molecule has 1 aliphatic carbocycles.